The minimum atomic E-state index is 1.07. The van der Waals surface area contributed by atoms with E-state index in [-0.39, 0.29) is 0 Å². The molecule has 0 nitrogen and oxygen atoms in total. The van der Waals surface area contributed by atoms with Crippen molar-refractivity contribution in [2.24, 2.45) is 0 Å². The highest BCUT2D eigenvalue weighted by atomic mass is 14.3. The highest BCUT2D eigenvalue weighted by molar-refractivity contribution is 6.01. The summed E-state index contributed by atoms with van der Waals surface area (Å²) in [4.78, 5) is 0. The summed E-state index contributed by atoms with van der Waals surface area (Å²) in [5.41, 5.74) is 7.91. The van der Waals surface area contributed by atoms with E-state index in [0.717, 1.165) is 6.42 Å². The van der Waals surface area contributed by atoms with Crippen LogP contribution in [0.4, 0.5) is 0 Å². The Bertz CT molecular complexity index is 576. The van der Waals surface area contributed by atoms with Crippen LogP contribution in [0.25, 0.3) is 16.7 Å². The van der Waals surface area contributed by atoms with Gasteiger partial charge in [-0.05, 0) is 39.8 Å². The van der Waals surface area contributed by atoms with Crippen LogP contribution in [0.5, 0.6) is 0 Å². The molecular weight excluding hydrogens is 192 g/mol. The van der Waals surface area contributed by atoms with Crippen LogP contribution < -0.4 is 0 Å². The molecule has 0 fully saturated rings. The lowest BCUT2D eigenvalue weighted by atomic mass is 9.98. The molecule has 0 amide bonds. The van der Waals surface area contributed by atoms with E-state index in [1.165, 1.54) is 33.4 Å². The first-order valence-electron chi connectivity index (χ1n) is 5.74. The van der Waals surface area contributed by atoms with Gasteiger partial charge in [-0.3, -0.25) is 0 Å². The molecule has 0 radical (unpaired) electrons. The van der Waals surface area contributed by atoms with Crippen LogP contribution in [0.1, 0.15) is 23.6 Å². The predicted molar refractivity (Wildman–Crippen MR) is 69.4 cm³/mol. The van der Waals surface area contributed by atoms with Crippen molar-refractivity contribution >= 4 is 5.57 Å². The van der Waals surface area contributed by atoms with Gasteiger partial charge in [-0.25, -0.2) is 0 Å². The lowest BCUT2D eigenvalue weighted by Gasteiger charge is -2.06. The first kappa shape index (κ1) is 9.41. The zero-order valence-electron chi connectivity index (χ0n) is 9.46. The van der Waals surface area contributed by atoms with Gasteiger partial charge in [0, 0.05) is 0 Å². The van der Waals surface area contributed by atoms with Crippen LogP contribution in [0.2, 0.25) is 0 Å². The number of benzene rings is 2. The summed E-state index contributed by atoms with van der Waals surface area (Å²) in [7, 11) is 0. The smallest absolute Gasteiger partial charge is 0.00729 e. The van der Waals surface area contributed by atoms with E-state index in [0.29, 0.717) is 0 Å². The van der Waals surface area contributed by atoms with Crippen molar-refractivity contribution in [1.82, 2.24) is 0 Å². The summed E-state index contributed by atoms with van der Waals surface area (Å²) >= 11 is 0. The first-order valence-corrected chi connectivity index (χ1v) is 5.74. The molecule has 78 valence electrons. The van der Waals surface area contributed by atoms with E-state index < -0.39 is 0 Å². The number of hydrogen-bond acceptors (Lipinski definition) is 0. The third kappa shape index (κ3) is 1.10. The van der Waals surface area contributed by atoms with Crippen LogP contribution in [-0.2, 0) is 6.42 Å². The normalized spacial score (nSPS) is 12.4. The van der Waals surface area contributed by atoms with Gasteiger partial charge < -0.3 is 0 Å². The Hall–Kier alpha value is -1.82. The van der Waals surface area contributed by atoms with Crippen LogP contribution in [0.3, 0.4) is 0 Å². The highest BCUT2D eigenvalue weighted by Crippen LogP contribution is 2.44. The van der Waals surface area contributed by atoms with Gasteiger partial charge in [-0.2, -0.15) is 0 Å². The monoisotopic (exact) mass is 206 g/mol. The fraction of sp³-hybridized carbons (Fsp3) is 0.125. The predicted octanol–water partition coefficient (Wildman–Crippen LogP) is 4.29. The summed E-state index contributed by atoms with van der Waals surface area (Å²) < 4.78 is 0. The molecule has 16 heavy (non-hydrogen) atoms. The molecule has 0 spiro atoms. The average molecular weight is 206 g/mol. The molecule has 0 N–H and O–H groups in total. The van der Waals surface area contributed by atoms with E-state index >= 15 is 0 Å². The maximum absolute atomic E-state index is 4.25. The fourth-order valence-electron chi connectivity index (χ4n) is 2.59. The maximum atomic E-state index is 4.25. The molecule has 0 aromatic heterocycles. The quantitative estimate of drug-likeness (QED) is 0.557. The van der Waals surface area contributed by atoms with Gasteiger partial charge in [0.25, 0.3) is 0 Å². The molecule has 2 aromatic rings. The van der Waals surface area contributed by atoms with E-state index in [2.05, 4.69) is 56.0 Å². The molecule has 3 rings (SSSR count). The maximum Gasteiger partial charge on any atom is -0.00729 e. The SMILES string of the molecule is C=C1c2ccccc2-c2cccc(CC)c21. The summed E-state index contributed by atoms with van der Waals surface area (Å²) in [5.74, 6) is 0. The lowest BCUT2D eigenvalue weighted by Crippen LogP contribution is -1.88. The molecule has 0 bridgehead atoms. The zero-order chi connectivity index (χ0) is 11.1. The second kappa shape index (κ2) is 3.34. The van der Waals surface area contributed by atoms with Crippen molar-refractivity contribution in [3.05, 3.63) is 65.7 Å². The number of fused-ring (bicyclic) bond motifs is 3. The van der Waals surface area contributed by atoms with Crippen molar-refractivity contribution in [2.45, 2.75) is 13.3 Å². The summed E-state index contributed by atoms with van der Waals surface area (Å²) in [6.45, 7) is 6.45. The van der Waals surface area contributed by atoms with Gasteiger partial charge in [-0.15, -0.1) is 0 Å². The van der Waals surface area contributed by atoms with E-state index in [9.17, 15) is 0 Å². The summed E-state index contributed by atoms with van der Waals surface area (Å²) in [5, 5.41) is 0. The van der Waals surface area contributed by atoms with Crippen LogP contribution in [0, 0.1) is 0 Å². The summed E-state index contributed by atoms with van der Waals surface area (Å²) in [6, 6.07) is 15.1. The van der Waals surface area contributed by atoms with Crippen molar-refractivity contribution in [2.75, 3.05) is 0 Å². The highest BCUT2D eigenvalue weighted by Gasteiger charge is 2.22. The van der Waals surface area contributed by atoms with Gasteiger partial charge in [0.1, 0.15) is 0 Å². The molecule has 0 heteroatoms. The Morgan fingerprint density at radius 3 is 2.31 bits per heavy atom. The number of hydrogen-bond donors (Lipinski definition) is 0. The van der Waals surface area contributed by atoms with Crippen LogP contribution in [-0.4, -0.2) is 0 Å². The molecule has 1 aliphatic carbocycles. The minimum Gasteiger partial charge on any atom is -0.0905 e. The molecule has 1 aliphatic rings. The molecule has 0 saturated carbocycles. The Kier molecular flexibility index (Phi) is 1.97. The Labute approximate surface area is 96.3 Å². The van der Waals surface area contributed by atoms with Crippen molar-refractivity contribution in [3.63, 3.8) is 0 Å². The number of rotatable bonds is 1. The molecular formula is C16H14. The molecule has 0 saturated heterocycles. The van der Waals surface area contributed by atoms with Crippen molar-refractivity contribution in [3.8, 4) is 11.1 Å². The third-order valence-electron chi connectivity index (χ3n) is 3.38. The van der Waals surface area contributed by atoms with Gasteiger partial charge in [0.2, 0.25) is 0 Å². The molecule has 0 aliphatic heterocycles. The van der Waals surface area contributed by atoms with E-state index in [1.807, 2.05) is 0 Å². The third-order valence-corrected chi connectivity index (χ3v) is 3.38. The van der Waals surface area contributed by atoms with Crippen LogP contribution in [0.15, 0.2) is 49.0 Å². The largest absolute Gasteiger partial charge is 0.0905 e. The first-order chi connectivity index (χ1) is 7.83. The van der Waals surface area contributed by atoms with Gasteiger partial charge >= 0.3 is 0 Å². The Morgan fingerprint density at radius 2 is 1.56 bits per heavy atom. The van der Waals surface area contributed by atoms with Crippen LogP contribution >= 0.6 is 0 Å². The lowest BCUT2D eigenvalue weighted by molar-refractivity contribution is 1.13. The molecule has 0 atom stereocenters. The van der Waals surface area contributed by atoms with Crippen molar-refractivity contribution < 1.29 is 0 Å². The molecule has 2 aromatic carbocycles. The summed E-state index contributed by atoms with van der Waals surface area (Å²) in [6.07, 6.45) is 1.07. The standard InChI is InChI=1S/C16H14/c1-3-12-7-6-10-15-14-9-5-4-8-13(14)11(2)16(12)15/h4-10H,2-3H2,1H3. The van der Waals surface area contributed by atoms with Crippen molar-refractivity contribution in [1.29, 1.82) is 0 Å². The second-order valence-electron chi connectivity index (χ2n) is 4.22. The van der Waals surface area contributed by atoms with Gasteiger partial charge in [0.05, 0.1) is 0 Å². The molecule has 0 heterocycles. The minimum absolute atomic E-state index is 1.07. The van der Waals surface area contributed by atoms with E-state index in [1.54, 1.807) is 0 Å². The average Bonchev–Trinajstić information content (AvgIpc) is 2.64. The molecule has 0 unspecified atom stereocenters. The topological polar surface area (TPSA) is 0 Å². The Morgan fingerprint density at radius 1 is 0.875 bits per heavy atom. The zero-order valence-corrected chi connectivity index (χ0v) is 9.46. The van der Waals surface area contributed by atoms with E-state index in [4.69, 9.17) is 0 Å². The Balaban J connectivity index is 2.37. The fourth-order valence-corrected chi connectivity index (χ4v) is 2.59. The van der Waals surface area contributed by atoms with Gasteiger partial charge in [0.15, 0.2) is 0 Å². The second-order valence-corrected chi connectivity index (χ2v) is 4.22. The van der Waals surface area contributed by atoms with Gasteiger partial charge in [-0.1, -0.05) is 56.0 Å². The number of aryl methyl sites for hydroxylation is 1.